The molecule has 0 aliphatic rings. The summed E-state index contributed by atoms with van der Waals surface area (Å²) in [4.78, 5) is 25.2. The molecule has 9 heteroatoms. The molecule has 0 rings (SSSR count). The lowest BCUT2D eigenvalue weighted by Crippen LogP contribution is -2.37. The van der Waals surface area contributed by atoms with Crippen molar-refractivity contribution in [2.75, 3.05) is 54.1 Å². The molecule has 360 valence electrons. The van der Waals surface area contributed by atoms with Gasteiger partial charge in [0.1, 0.15) is 19.3 Å². The highest BCUT2D eigenvalue weighted by Crippen LogP contribution is 2.38. The third-order valence-electron chi connectivity index (χ3n) is 9.82. The van der Waals surface area contributed by atoms with Crippen LogP contribution in [-0.2, 0) is 27.9 Å². The van der Waals surface area contributed by atoms with Gasteiger partial charge in [-0.3, -0.25) is 9.36 Å². The van der Waals surface area contributed by atoms with E-state index in [1.54, 1.807) is 0 Å². The summed E-state index contributed by atoms with van der Waals surface area (Å²) in [6.45, 7) is 5.04. The molecule has 0 aromatic heterocycles. The second-order valence-corrected chi connectivity index (χ2v) is 18.5. The lowest BCUT2D eigenvalue weighted by molar-refractivity contribution is -0.870. The number of phosphoric acid groups is 1. The van der Waals surface area contributed by atoms with Crippen molar-refractivity contribution in [1.82, 2.24) is 0 Å². The third kappa shape index (κ3) is 50.0. The Kier molecular flexibility index (Phi) is 43.7. The number of hydrogen-bond donors (Lipinski definition) is 0. The quantitative estimate of drug-likeness (QED) is 0.0198. The number of allylic oxidation sites excluding steroid dienone is 18. The first kappa shape index (κ1) is 60.2. The number of nitrogens with zero attached hydrogens (tertiary/aromatic N) is 1. The molecule has 0 heterocycles. The summed E-state index contributed by atoms with van der Waals surface area (Å²) in [7, 11) is 1.31. The Labute approximate surface area is 387 Å². The first-order valence-corrected chi connectivity index (χ1v) is 26.1. The Bertz CT molecular complexity index is 1370. The predicted octanol–water partition coefficient (Wildman–Crippen LogP) is 14.5. The van der Waals surface area contributed by atoms with Crippen LogP contribution in [0, 0.1) is 0 Å². The van der Waals surface area contributed by atoms with Crippen LogP contribution in [0.5, 0.6) is 0 Å². The molecule has 0 amide bonds. The topological polar surface area (TPSA) is 94.1 Å². The molecule has 0 aromatic carbocycles. The van der Waals surface area contributed by atoms with E-state index in [0.717, 1.165) is 96.3 Å². The Morgan fingerprint density at radius 1 is 0.492 bits per heavy atom. The van der Waals surface area contributed by atoms with Crippen molar-refractivity contribution < 1.29 is 37.3 Å². The van der Waals surface area contributed by atoms with Gasteiger partial charge in [0.2, 0.25) is 0 Å². The molecular weight excluding hydrogens is 806 g/mol. The maximum atomic E-state index is 12.7. The average molecular weight is 898 g/mol. The van der Waals surface area contributed by atoms with Crippen molar-refractivity contribution in [3.8, 4) is 0 Å². The van der Waals surface area contributed by atoms with E-state index >= 15 is 0 Å². The van der Waals surface area contributed by atoms with Gasteiger partial charge in [0, 0.05) is 13.0 Å². The number of rotatable bonds is 44. The summed E-state index contributed by atoms with van der Waals surface area (Å²) in [5.74, 6) is -0.359. The Balaban J connectivity index is 4.26. The molecular formula is C54H92NO7P. The molecule has 2 atom stereocenters. The molecule has 0 bridgehead atoms. The summed E-state index contributed by atoms with van der Waals surface area (Å²) >= 11 is 0. The van der Waals surface area contributed by atoms with Crippen molar-refractivity contribution >= 4 is 13.8 Å². The minimum absolute atomic E-state index is 0.0103. The monoisotopic (exact) mass is 898 g/mol. The van der Waals surface area contributed by atoms with Crippen LogP contribution in [0.1, 0.15) is 168 Å². The lowest BCUT2D eigenvalue weighted by atomic mass is 10.0. The summed E-state index contributed by atoms with van der Waals surface area (Å²) in [6.07, 6.45) is 64.0. The van der Waals surface area contributed by atoms with Crippen molar-refractivity contribution in [2.24, 2.45) is 0 Å². The molecule has 0 aromatic rings. The van der Waals surface area contributed by atoms with Gasteiger partial charge in [0.25, 0.3) is 7.82 Å². The van der Waals surface area contributed by atoms with Crippen LogP contribution in [0.25, 0.3) is 0 Å². The zero-order valence-electron chi connectivity index (χ0n) is 40.7. The van der Waals surface area contributed by atoms with E-state index in [1.807, 2.05) is 21.1 Å². The van der Waals surface area contributed by atoms with Gasteiger partial charge in [-0.1, -0.05) is 175 Å². The summed E-state index contributed by atoms with van der Waals surface area (Å²) in [6, 6.07) is 0. The van der Waals surface area contributed by atoms with Crippen LogP contribution in [0.4, 0.5) is 0 Å². The highest BCUT2D eigenvalue weighted by molar-refractivity contribution is 7.45. The van der Waals surface area contributed by atoms with Crippen LogP contribution < -0.4 is 4.89 Å². The smallest absolute Gasteiger partial charge is 0.306 e. The number of quaternary nitrogens is 1. The Hall–Kier alpha value is -2.84. The predicted molar refractivity (Wildman–Crippen MR) is 268 cm³/mol. The van der Waals surface area contributed by atoms with Crippen molar-refractivity contribution in [2.45, 2.75) is 174 Å². The molecule has 0 aliphatic carbocycles. The van der Waals surface area contributed by atoms with E-state index < -0.39 is 13.9 Å². The number of hydrogen-bond acceptors (Lipinski definition) is 7. The largest absolute Gasteiger partial charge is 0.756 e. The Morgan fingerprint density at radius 2 is 0.873 bits per heavy atom. The minimum Gasteiger partial charge on any atom is -0.756 e. The van der Waals surface area contributed by atoms with E-state index in [1.165, 1.54) is 51.4 Å². The van der Waals surface area contributed by atoms with Crippen molar-refractivity contribution in [1.29, 1.82) is 0 Å². The van der Waals surface area contributed by atoms with E-state index in [4.69, 9.17) is 18.5 Å². The van der Waals surface area contributed by atoms with Crippen LogP contribution in [0.15, 0.2) is 109 Å². The van der Waals surface area contributed by atoms with E-state index in [0.29, 0.717) is 17.6 Å². The standard InChI is InChI=1S/C54H92NO7P/c1-6-8-10-12-14-16-18-20-22-24-26-27-28-29-30-31-33-35-37-39-41-43-45-47-54(56)62-53(52-61-63(57,58)60-50-48-55(3,4)5)51-59-49-46-44-42-40-38-36-34-32-25-23-21-19-17-15-13-11-9-7-2/h8-11,14-17,20-23,26-27,32,34,38,40,53H,6-7,12-13,18-19,24-25,28-31,33,35-37,39,41-52H2,1-5H3/b10-8-,11-9-,16-14-,17-15-,22-20-,23-21-,27-26-,34-32-,40-38-. The Morgan fingerprint density at radius 3 is 1.30 bits per heavy atom. The number of unbranched alkanes of at least 4 members (excludes halogenated alkanes) is 12. The normalized spacial score (nSPS) is 14.6. The molecule has 0 saturated heterocycles. The van der Waals surface area contributed by atoms with Gasteiger partial charge in [-0.15, -0.1) is 0 Å². The van der Waals surface area contributed by atoms with Gasteiger partial charge >= 0.3 is 5.97 Å². The average Bonchev–Trinajstić information content (AvgIpc) is 3.24. The van der Waals surface area contributed by atoms with Gasteiger partial charge in [-0.05, 0) is 96.3 Å². The number of esters is 1. The zero-order chi connectivity index (χ0) is 46.2. The van der Waals surface area contributed by atoms with Crippen LogP contribution in [0.2, 0.25) is 0 Å². The van der Waals surface area contributed by atoms with Gasteiger partial charge in [0.05, 0.1) is 34.4 Å². The highest BCUT2D eigenvalue weighted by atomic mass is 31.2. The van der Waals surface area contributed by atoms with Crippen molar-refractivity contribution in [3.63, 3.8) is 0 Å². The fourth-order valence-corrected chi connectivity index (χ4v) is 6.82. The third-order valence-corrected chi connectivity index (χ3v) is 10.8. The van der Waals surface area contributed by atoms with Gasteiger partial charge in [-0.2, -0.15) is 0 Å². The number of carbonyl (C=O) groups excluding carboxylic acids is 1. The first-order valence-electron chi connectivity index (χ1n) is 24.6. The fourth-order valence-electron chi connectivity index (χ4n) is 6.09. The molecule has 0 spiro atoms. The maximum Gasteiger partial charge on any atom is 0.306 e. The minimum atomic E-state index is -4.55. The summed E-state index contributed by atoms with van der Waals surface area (Å²) < 4.78 is 34.6. The van der Waals surface area contributed by atoms with Crippen LogP contribution >= 0.6 is 7.82 Å². The second-order valence-electron chi connectivity index (χ2n) is 17.1. The van der Waals surface area contributed by atoms with Gasteiger partial charge in [-0.25, -0.2) is 0 Å². The molecule has 0 N–H and O–H groups in total. The zero-order valence-corrected chi connectivity index (χ0v) is 41.6. The number of carbonyl (C=O) groups is 1. The van der Waals surface area contributed by atoms with E-state index in [9.17, 15) is 14.3 Å². The van der Waals surface area contributed by atoms with Crippen LogP contribution in [0.3, 0.4) is 0 Å². The number of phosphoric ester groups is 1. The molecule has 0 fully saturated rings. The number of ether oxygens (including phenoxy) is 2. The SMILES string of the molecule is CC/C=C\C/C=C\C/C=C\C/C=C\C/C=C\CCCCOCC(COP(=O)([O-])OCC[N+](C)(C)C)OC(=O)CCCCCCCCCCCC/C=C\C/C=C\C/C=C\C/C=C\CC. The second kappa shape index (κ2) is 45.7. The highest BCUT2D eigenvalue weighted by Gasteiger charge is 2.20. The first-order chi connectivity index (χ1) is 30.6. The molecule has 2 unspecified atom stereocenters. The lowest BCUT2D eigenvalue weighted by Gasteiger charge is -2.28. The van der Waals surface area contributed by atoms with Crippen molar-refractivity contribution in [3.05, 3.63) is 109 Å². The maximum absolute atomic E-state index is 12.7. The number of likely N-dealkylation sites (N-methyl/N-ethyl adjacent to an activating group) is 1. The molecule has 0 radical (unpaired) electrons. The van der Waals surface area contributed by atoms with Crippen LogP contribution in [-0.4, -0.2) is 70.7 Å². The molecule has 0 saturated carbocycles. The molecule has 63 heavy (non-hydrogen) atoms. The van der Waals surface area contributed by atoms with E-state index in [-0.39, 0.29) is 32.2 Å². The summed E-state index contributed by atoms with van der Waals surface area (Å²) in [5.41, 5.74) is 0. The van der Waals surface area contributed by atoms with E-state index in [2.05, 4.69) is 123 Å². The van der Waals surface area contributed by atoms with Gasteiger partial charge in [0.15, 0.2) is 0 Å². The molecule has 8 nitrogen and oxygen atoms in total. The summed E-state index contributed by atoms with van der Waals surface area (Å²) in [5, 5.41) is 0. The fraction of sp³-hybridized carbons (Fsp3) is 0.648. The van der Waals surface area contributed by atoms with Gasteiger partial charge < -0.3 is 27.9 Å². The molecule has 0 aliphatic heterocycles.